The van der Waals surface area contributed by atoms with E-state index in [-0.39, 0.29) is 0 Å². The van der Waals surface area contributed by atoms with Crippen molar-refractivity contribution in [2.75, 3.05) is 0 Å². The third-order valence-corrected chi connectivity index (χ3v) is 4.87. The Hall–Kier alpha value is -3.44. The van der Waals surface area contributed by atoms with Crippen LogP contribution < -0.4 is 0 Å². The number of fused-ring (bicyclic) bond motifs is 1. The third kappa shape index (κ3) is 2.68. The summed E-state index contributed by atoms with van der Waals surface area (Å²) in [5, 5.41) is 9.26. The molecule has 0 N–H and O–H groups in total. The summed E-state index contributed by atoms with van der Waals surface area (Å²) in [7, 11) is 1.90. The highest BCUT2D eigenvalue weighted by Gasteiger charge is 2.21. The zero-order valence-electron chi connectivity index (χ0n) is 15.0. The van der Waals surface area contributed by atoms with Crippen molar-refractivity contribution in [2.24, 2.45) is 7.05 Å². The number of hydrogen-bond acceptors (Lipinski definition) is 3. The van der Waals surface area contributed by atoms with Gasteiger partial charge in [-0.1, -0.05) is 66.2 Å². The van der Waals surface area contributed by atoms with E-state index in [4.69, 9.17) is 16.6 Å². The summed E-state index contributed by atoms with van der Waals surface area (Å²) in [6.07, 6.45) is 1.76. The second-order valence-electron chi connectivity index (χ2n) is 6.42. The van der Waals surface area contributed by atoms with Gasteiger partial charge in [-0.15, -0.1) is 0 Å². The maximum Gasteiger partial charge on any atom is 0.164 e. The lowest BCUT2D eigenvalue weighted by atomic mass is 10.1. The van der Waals surface area contributed by atoms with Crippen LogP contribution in [0.4, 0.5) is 0 Å². The summed E-state index contributed by atoms with van der Waals surface area (Å²) < 4.78 is 3.63. The van der Waals surface area contributed by atoms with E-state index in [0.717, 1.165) is 39.4 Å². The Morgan fingerprint density at radius 2 is 1.75 bits per heavy atom. The average molecular weight is 385 g/mol. The van der Waals surface area contributed by atoms with E-state index in [1.807, 2.05) is 78.3 Å². The highest BCUT2D eigenvalue weighted by molar-refractivity contribution is 6.29. The summed E-state index contributed by atoms with van der Waals surface area (Å²) in [6, 6.07) is 24.7. The molecule has 0 saturated heterocycles. The van der Waals surface area contributed by atoms with Gasteiger partial charge in [0.2, 0.25) is 0 Å². The Labute approximate surface area is 166 Å². The van der Waals surface area contributed by atoms with Crippen LogP contribution in [0.25, 0.3) is 39.4 Å². The van der Waals surface area contributed by atoms with Gasteiger partial charge in [0.1, 0.15) is 5.69 Å². The molecule has 0 saturated carbocycles. The smallest absolute Gasteiger partial charge is 0.164 e. The van der Waals surface area contributed by atoms with Gasteiger partial charge in [0.15, 0.2) is 10.8 Å². The largest absolute Gasteiger partial charge is 0.268 e. The molecule has 0 spiro atoms. The molecule has 5 nitrogen and oxygen atoms in total. The van der Waals surface area contributed by atoms with E-state index in [2.05, 4.69) is 16.3 Å². The zero-order chi connectivity index (χ0) is 19.1. The van der Waals surface area contributed by atoms with Crippen molar-refractivity contribution in [1.29, 1.82) is 0 Å². The Bertz CT molecular complexity index is 1270. The molecule has 0 fully saturated rings. The topological polar surface area (TPSA) is 48.0 Å². The van der Waals surface area contributed by atoms with Crippen molar-refractivity contribution < 1.29 is 0 Å². The first kappa shape index (κ1) is 16.7. The van der Waals surface area contributed by atoms with Gasteiger partial charge in [0.25, 0.3) is 0 Å². The van der Waals surface area contributed by atoms with Crippen LogP contribution in [-0.4, -0.2) is 24.4 Å². The average Bonchev–Trinajstić information content (AvgIpc) is 3.32. The fourth-order valence-corrected chi connectivity index (χ4v) is 3.60. The predicted molar refractivity (Wildman–Crippen MR) is 110 cm³/mol. The summed E-state index contributed by atoms with van der Waals surface area (Å²) in [6.45, 7) is 0. The molecular formula is C22H15ClN5. The molecular weight excluding hydrogens is 370 g/mol. The lowest BCUT2D eigenvalue weighted by molar-refractivity contribution is 0.775. The molecule has 0 aliphatic carbocycles. The molecule has 3 aromatic heterocycles. The molecule has 0 aliphatic rings. The van der Waals surface area contributed by atoms with Crippen LogP contribution in [0.1, 0.15) is 0 Å². The molecule has 2 aromatic carbocycles. The number of aryl methyl sites for hydroxylation is 1. The number of rotatable bonds is 3. The lowest BCUT2D eigenvalue weighted by Gasteiger charge is -2.07. The van der Waals surface area contributed by atoms with E-state index >= 15 is 0 Å². The minimum atomic E-state index is 0.395. The van der Waals surface area contributed by atoms with Crippen LogP contribution >= 0.6 is 11.6 Å². The summed E-state index contributed by atoms with van der Waals surface area (Å²) in [4.78, 5) is 4.98. The second-order valence-corrected chi connectivity index (χ2v) is 6.81. The molecule has 0 atom stereocenters. The van der Waals surface area contributed by atoms with E-state index in [0.29, 0.717) is 5.15 Å². The number of halogens is 1. The summed E-state index contributed by atoms with van der Waals surface area (Å²) in [5.74, 6) is 0. The fraction of sp³-hybridized carbons (Fsp3) is 0.0455. The molecule has 1 radical (unpaired) electrons. The standard InChI is InChI=1S/C22H15ClN5/c1-27-18(12-13-24-27)17-14-19(23)26-28-21(16-10-6-3-7-11-16)20(25-22(17)28)15-8-4-2-5-9-15/h3-14H,1H3. The summed E-state index contributed by atoms with van der Waals surface area (Å²) >= 11 is 6.41. The molecule has 0 amide bonds. The van der Waals surface area contributed by atoms with Crippen molar-refractivity contribution in [3.63, 3.8) is 0 Å². The highest BCUT2D eigenvalue weighted by atomic mass is 35.5. The summed E-state index contributed by atoms with van der Waals surface area (Å²) in [5.41, 5.74) is 6.29. The van der Waals surface area contributed by atoms with Gasteiger partial charge in [-0.3, -0.25) is 4.68 Å². The van der Waals surface area contributed by atoms with Crippen molar-refractivity contribution >= 4 is 17.2 Å². The molecule has 0 unspecified atom stereocenters. The number of benzene rings is 2. The quantitative estimate of drug-likeness (QED) is 0.443. The van der Waals surface area contributed by atoms with Crippen LogP contribution in [0, 0.1) is 6.07 Å². The minimum absolute atomic E-state index is 0.395. The molecule has 3 heterocycles. The van der Waals surface area contributed by atoms with Gasteiger partial charge in [-0.25, -0.2) is 9.50 Å². The van der Waals surface area contributed by atoms with Crippen LogP contribution in [0.15, 0.2) is 72.9 Å². The molecule has 5 aromatic rings. The molecule has 135 valence electrons. The Morgan fingerprint density at radius 3 is 2.46 bits per heavy atom. The first-order valence-corrected chi connectivity index (χ1v) is 9.20. The van der Waals surface area contributed by atoms with Crippen LogP contribution in [0.2, 0.25) is 5.15 Å². The fourth-order valence-electron chi connectivity index (χ4n) is 3.42. The SMILES string of the molecule is Cn1nccc1-c1cc(Cl)nn2c(-c3ccccc3)c(-c3cc[c]cc3)nc12. The predicted octanol–water partition coefficient (Wildman–Crippen LogP) is 4.92. The Morgan fingerprint density at radius 1 is 0.964 bits per heavy atom. The van der Waals surface area contributed by atoms with Gasteiger partial charge in [-0.05, 0) is 18.2 Å². The molecule has 0 aliphatic heterocycles. The molecule has 6 heteroatoms. The Kier molecular flexibility index (Phi) is 3.95. The Balaban J connectivity index is 1.91. The van der Waals surface area contributed by atoms with Crippen molar-refractivity contribution in [3.8, 4) is 33.8 Å². The monoisotopic (exact) mass is 384 g/mol. The molecule has 0 bridgehead atoms. The third-order valence-electron chi connectivity index (χ3n) is 4.69. The first-order valence-electron chi connectivity index (χ1n) is 8.82. The van der Waals surface area contributed by atoms with Crippen molar-refractivity contribution in [3.05, 3.63) is 84.1 Å². The van der Waals surface area contributed by atoms with Gasteiger partial charge in [0.05, 0.1) is 11.4 Å². The normalized spacial score (nSPS) is 11.2. The maximum atomic E-state index is 6.41. The number of nitrogens with zero attached hydrogens (tertiary/aromatic N) is 5. The van der Waals surface area contributed by atoms with E-state index in [9.17, 15) is 0 Å². The number of hydrogen-bond donors (Lipinski definition) is 0. The van der Waals surface area contributed by atoms with Gasteiger partial charge >= 0.3 is 0 Å². The van der Waals surface area contributed by atoms with Crippen LogP contribution in [0.5, 0.6) is 0 Å². The number of aromatic nitrogens is 5. The second kappa shape index (κ2) is 6.62. The number of imidazole rings is 1. The van der Waals surface area contributed by atoms with Gasteiger partial charge in [0, 0.05) is 29.9 Å². The minimum Gasteiger partial charge on any atom is -0.268 e. The van der Waals surface area contributed by atoms with E-state index in [1.54, 1.807) is 10.9 Å². The van der Waals surface area contributed by atoms with Gasteiger partial charge in [-0.2, -0.15) is 10.2 Å². The van der Waals surface area contributed by atoms with Gasteiger partial charge < -0.3 is 0 Å². The first-order chi connectivity index (χ1) is 13.7. The molecule has 28 heavy (non-hydrogen) atoms. The van der Waals surface area contributed by atoms with Crippen LogP contribution in [-0.2, 0) is 7.05 Å². The highest BCUT2D eigenvalue weighted by Crippen LogP contribution is 2.36. The van der Waals surface area contributed by atoms with Crippen molar-refractivity contribution in [1.82, 2.24) is 24.4 Å². The maximum absolute atomic E-state index is 6.41. The molecule has 5 rings (SSSR count). The lowest BCUT2D eigenvalue weighted by Crippen LogP contribution is -2.00. The van der Waals surface area contributed by atoms with Crippen molar-refractivity contribution in [2.45, 2.75) is 0 Å². The van der Waals surface area contributed by atoms with Crippen LogP contribution in [0.3, 0.4) is 0 Å². The van der Waals surface area contributed by atoms with E-state index in [1.165, 1.54) is 0 Å². The zero-order valence-corrected chi connectivity index (χ0v) is 15.8. The van der Waals surface area contributed by atoms with E-state index < -0.39 is 0 Å².